The van der Waals surface area contributed by atoms with E-state index in [9.17, 15) is 14.4 Å². The summed E-state index contributed by atoms with van der Waals surface area (Å²) in [6.45, 7) is 3.51. The maximum Gasteiger partial charge on any atom is 0.420 e. The summed E-state index contributed by atoms with van der Waals surface area (Å²) in [5.74, 6) is -1.25. The summed E-state index contributed by atoms with van der Waals surface area (Å²) in [5, 5.41) is 2.84. The average molecular weight is 381 g/mol. The van der Waals surface area contributed by atoms with Crippen LogP contribution in [0.15, 0.2) is 57.7 Å². The summed E-state index contributed by atoms with van der Waals surface area (Å²) in [7, 11) is 1.54. The molecule has 0 bridgehead atoms. The number of benzene rings is 2. The third-order valence-corrected chi connectivity index (χ3v) is 4.69. The molecule has 1 atom stereocenters. The fourth-order valence-electron chi connectivity index (χ4n) is 3.21. The van der Waals surface area contributed by atoms with Gasteiger partial charge in [-0.25, -0.2) is 4.79 Å². The van der Waals surface area contributed by atoms with Gasteiger partial charge in [0, 0.05) is 12.7 Å². The Bertz CT molecular complexity index is 1070. The summed E-state index contributed by atoms with van der Waals surface area (Å²) < 4.78 is 6.50. The average Bonchev–Trinajstić information content (AvgIpc) is 3.02. The summed E-state index contributed by atoms with van der Waals surface area (Å²) >= 11 is 0. The van der Waals surface area contributed by atoms with Gasteiger partial charge in [0.15, 0.2) is 5.58 Å². The number of aryl methyl sites for hydroxylation is 1. The number of nitrogens with one attached hydrogen (secondary N) is 1. The van der Waals surface area contributed by atoms with Crippen LogP contribution < -0.4 is 11.1 Å². The molecule has 146 valence electrons. The molecule has 3 rings (SSSR count). The number of hydrogen-bond acceptors (Lipinski definition) is 4. The van der Waals surface area contributed by atoms with Crippen LogP contribution >= 0.6 is 0 Å². The van der Waals surface area contributed by atoms with Crippen LogP contribution in [0.1, 0.15) is 25.5 Å². The van der Waals surface area contributed by atoms with Crippen LogP contribution in [-0.4, -0.2) is 34.9 Å². The van der Waals surface area contributed by atoms with Crippen molar-refractivity contribution in [1.29, 1.82) is 0 Å². The first kappa shape index (κ1) is 19.4. The molecule has 0 spiro atoms. The van der Waals surface area contributed by atoms with E-state index in [1.165, 1.54) is 16.5 Å². The maximum absolute atomic E-state index is 12.8. The molecule has 0 fully saturated rings. The lowest BCUT2D eigenvalue weighted by Gasteiger charge is -2.21. The van der Waals surface area contributed by atoms with E-state index >= 15 is 0 Å². The Morgan fingerprint density at radius 3 is 2.57 bits per heavy atom. The molecule has 7 heteroatoms. The fourth-order valence-corrected chi connectivity index (χ4v) is 3.21. The van der Waals surface area contributed by atoms with Gasteiger partial charge in [0.05, 0.1) is 12.1 Å². The lowest BCUT2D eigenvalue weighted by atomic mass is 10.1. The SMILES string of the molecule is CCc1ccccc1NC(=O)CN(C)C(=O)C(C)n1c(=O)oc2ccccc21. The summed E-state index contributed by atoms with van der Waals surface area (Å²) in [5.41, 5.74) is 2.72. The van der Waals surface area contributed by atoms with Gasteiger partial charge < -0.3 is 14.6 Å². The largest absolute Gasteiger partial charge is 0.420 e. The molecule has 1 unspecified atom stereocenters. The smallest absolute Gasteiger partial charge is 0.408 e. The number of likely N-dealkylation sites (N-methyl/N-ethyl adjacent to an activating group) is 1. The maximum atomic E-state index is 12.8. The Morgan fingerprint density at radius 1 is 1.14 bits per heavy atom. The van der Waals surface area contributed by atoms with Crippen molar-refractivity contribution in [3.05, 3.63) is 64.6 Å². The van der Waals surface area contributed by atoms with Gasteiger partial charge in [-0.1, -0.05) is 37.3 Å². The molecule has 28 heavy (non-hydrogen) atoms. The fraction of sp³-hybridized carbons (Fsp3) is 0.286. The number of oxazole rings is 1. The van der Waals surface area contributed by atoms with Gasteiger partial charge in [0.1, 0.15) is 6.04 Å². The molecule has 7 nitrogen and oxygen atoms in total. The quantitative estimate of drug-likeness (QED) is 0.712. The normalized spacial score (nSPS) is 12.0. The molecule has 1 N–H and O–H groups in total. The van der Waals surface area contributed by atoms with Crippen molar-refractivity contribution >= 4 is 28.6 Å². The van der Waals surface area contributed by atoms with Crippen LogP contribution in [0, 0.1) is 0 Å². The summed E-state index contributed by atoms with van der Waals surface area (Å²) in [6.07, 6.45) is 0.790. The minimum Gasteiger partial charge on any atom is -0.408 e. The Morgan fingerprint density at radius 2 is 1.82 bits per heavy atom. The zero-order valence-corrected chi connectivity index (χ0v) is 16.1. The number of nitrogens with zero attached hydrogens (tertiary/aromatic N) is 2. The number of anilines is 1. The van der Waals surface area contributed by atoms with E-state index in [0.29, 0.717) is 11.1 Å². The molecule has 1 aromatic heterocycles. The van der Waals surface area contributed by atoms with E-state index < -0.39 is 11.8 Å². The van der Waals surface area contributed by atoms with Gasteiger partial charge in [-0.2, -0.15) is 0 Å². The highest BCUT2D eigenvalue weighted by Gasteiger charge is 2.25. The number of amides is 2. The van der Waals surface area contributed by atoms with Crippen molar-refractivity contribution < 1.29 is 14.0 Å². The predicted molar refractivity (Wildman–Crippen MR) is 107 cm³/mol. The van der Waals surface area contributed by atoms with E-state index in [-0.39, 0.29) is 18.4 Å². The number of carbonyl (C=O) groups excluding carboxylic acids is 2. The van der Waals surface area contributed by atoms with E-state index in [1.807, 2.05) is 31.2 Å². The Labute approximate surface area is 162 Å². The minimum absolute atomic E-state index is 0.119. The molecule has 0 saturated heterocycles. The standard InChI is InChI=1S/C21H23N3O4/c1-4-15-9-5-6-10-16(15)22-19(25)13-23(3)20(26)14(2)24-17-11-7-8-12-18(17)28-21(24)27/h5-12,14H,4,13H2,1-3H3,(H,22,25). The second-order valence-electron chi connectivity index (χ2n) is 6.63. The molecule has 0 aliphatic carbocycles. The number of carbonyl (C=O) groups is 2. The monoisotopic (exact) mass is 381 g/mol. The number of para-hydroxylation sites is 3. The van der Waals surface area contributed by atoms with Gasteiger partial charge in [-0.05, 0) is 37.1 Å². The van der Waals surface area contributed by atoms with Crippen molar-refractivity contribution in [2.75, 3.05) is 18.9 Å². The second kappa shape index (κ2) is 8.12. The van der Waals surface area contributed by atoms with Crippen LogP contribution in [0.2, 0.25) is 0 Å². The van der Waals surface area contributed by atoms with E-state index in [1.54, 1.807) is 31.2 Å². The second-order valence-corrected chi connectivity index (χ2v) is 6.63. The first-order chi connectivity index (χ1) is 13.4. The Hall–Kier alpha value is -3.35. The molecule has 2 amide bonds. The molecule has 0 saturated carbocycles. The third kappa shape index (κ3) is 3.83. The van der Waals surface area contributed by atoms with Crippen LogP contribution in [0.3, 0.4) is 0 Å². The van der Waals surface area contributed by atoms with Gasteiger partial charge in [-0.3, -0.25) is 14.2 Å². The van der Waals surface area contributed by atoms with Crippen LogP contribution in [0.5, 0.6) is 0 Å². The molecular weight excluding hydrogens is 358 g/mol. The van der Waals surface area contributed by atoms with Crippen molar-refractivity contribution in [3.63, 3.8) is 0 Å². The Kier molecular flexibility index (Phi) is 5.63. The van der Waals surface area contributed by atoms with E-state index in [2.05, 4.69) is 5.32 Å². The van der Waals surface area contributed by atoms with Crippen molar-refractivity contribution in [3.8, 4) is 0 Å². The van der Waals surface area contributed by atoms with Gasteiger partial charge in [-0.15, -0.1) is 0 Å². The molecule has 1 heterocycles. The first-order valence-electron chi connectivity index (χ1n) is 9.15. The highest BCUT2D eigenvalue weighted by atomic mass is 16.4. The lowest BCUT2D eigenvalue weighted by molar-refractivity contribution is -0.135. The molecule has 3 aromatic rings. The van der Waals surface area contributed by atoms with Crippen LogP contribution in [-0.2, 0) is 16.0 Å². The number of aromatic nitrogens is 1. The third-order valence-electron chi connectivity index (χ3n) is 4.69. The lowest BCUT2D eigenvalue weighted by Crippen LogP contribution is -2.40. The summed E-state index contributed by atoms with van der Waals surface area (Å²) in [6, 6.07) is 13.7. The molecular formula is C21H23N3O4. The first-order valence-corrected chi connectivity index (χ1v) is 9.15. The van der Waals surface area contributed by atoms with Crippen molar-refractivity contribution in [2.24, 2.45) is 0 Å². The number of hydrogen-bond donors (Lipinski definition) is 1. The van der Waals surface area contributed by atoms with Gasteiger partial charge in [0.2, 0.25) is 11.8 Å². The Balaban J connectivity index is 1.72. The predicted octanol–water partition coefficient (Wildman–Crippen LogP) is 2.82. The van der Waals surface area contributed by atoms with Crippen molar-refractivity contribution in [2.45, 2.75) is 26.3 Å². The van der Waals surface area contributed by atoms with Crippen LogP contribution in [0.4, 0.5) is 5.69 Å². The molecule has 0 aliphatic rings. The zero-order chi connectivity index (χ0) is 20.3. The topological polar surface area (TPSA) is 84.5 Å². The number of rotatable bonds is 6. The van der Waals surface area contributed by atoms with Crippen molar-refractivity contribution in [1.82, 2.24) is 9.47 Å². The van der Waals surface area contributed by atoms with E-state index in [4.69, 9.17) is 4.42 Å². The minimum atomic E-state index is -0.795. The zero-order valence-electron chi connectivity index (χ0n) is 16.1. The molecule has 0 aliphatic heterocycles. The highest BCUT2D eigenvalue weighted by molar-refractivity contribution is 5.95. The van der Waals surface area contributed by atoms with Gasteiger partial charge in [0.25, 0.3) is 0 Å². The summed E-state index contributed by atoms with van der Waals surface area (Å²) in [4.78, 5) is 38.7. The number of fused-ring (bicyclic) bond motifs is 1. The highest BCUT2D eigenvalue weighted by Crippen LogP contribution is 2.18. The molecule has 2 aromatic carbocycles. The van der Waals surface area contributed by atoms with Crippen LogP contribution in [0.25, 0.3) is 11.1 Å². The van der Waals surface area contributed by atoms with E-state index in [0.717, 1.165) is 17.7 Å². The molecule has 0 radical (unpaired) electrons. The van der Waals surface area contributed by atoms with Gasteiger partial charge >= 0.3 is 5.76 Å².